The third kappa shape index (κ3) is 4.44. The van der Waals surface area contributed by atoms with Crippen LogP contribution in [0.4, 0.5) is 5.69 Å². The van der Waals surface area contributed by atoms with E-state index in [0.29, 0.717) is 22.7 Å². The maximum atomic E-state index is 13.2. The van der Waals surface area contributed by atoms with Gasteiger partial charge in [-0.15, -0.1) is 0 Å². The number of hydrogen-bond donors (Lipinski definition) is 2. The number of anilines is 1. The first kappa shape index (κ1) is 21.1. The molecule has 1 amide bonds. The van der Waals surface area contributed by atoms with Crippen LogP contribution in [0, 0.1) is 0 Å². The zero-order chi connectivity index (χ0) is 22.7. The number of para-hydroxylation sites is 1. The van der Waals surface area contributed by atoms with Gasteiger partial charge in [0.25, 0.3) is 5.91 Å². The zero-order valence-electron chi connectivity index (χ0n) is 17.7. The molecule has 0 aliphatic rings. The Morgan fingerprint density at radius 1 is 0.906 bits per heavy atom. The van der Waals surface area contributed by atoms with Gasteiger partial charge in [0.2, 0.25) is 0 Å². The van der Waals surface area contributed by atoms with Gasteiger partial charge in [0.15, 0.2) is 5.60 Å². The molecule has 3 aromatic carbocycles. The Morgan fingerprint density at radius 3 is 2.25 bits per heavy atom. The number of carbonyl (C=O) groups is 2. The lowest BCUT2D eigenvalue weighted by Crippen LogP contribution is -2.37. The number of fused-ring (bicyclic) bond motifs is 1. The van der Waals surface area contributed by atoms with E-state index in [1.807, 2.05) is 54.6 Å². The minimum Gasteiger partial charge on any atom is -0.478 e. The number of benzene rings is 3. The summed E-state index contributed by atoms with van der Waals surface area (Å²) in [4.78, 5) is 29.1. The SMILES string of the molecule is CC(C)(Oc1ccc(NC(=O)c2cc(-c3ccccc3)nc3ccccc23)cc1)C(=O)O. The van der Waals surface area contributed by atoms with Crippen LogP contribution in [0.15, 0.2) is 84.9 Å². The van der Waals surface area contributed by atoms with Crippen LogP contribution < -0.4 is 10.1 Å². The maximum absolute atomic E-state index is 13.2. The fraction of sp³-hybridized carbons (Fsp3) is 0.115. The van der Waals surface area contributed by atoms with Gasteiger partial charge in [-0.1, -0.05) is 48.5 Å². The van der Waals surface area contributed by atoms with Crippen molar-refractivity contribution in [2.75, 3.05) is 5.32 Å². The fourth-order valence-corrected chi connectivity index (χ4v) is 3.26. The number of hydrogen-bond acceptors (Lipinski definition) is 4. The molecule has 1 aromatic heterocycles. The monoisotopic (exact) mass is 426 g/mol. The van der Waals surface area contributed by atoms with Crippen molar-refractivity contribution in [2.45, 2.75) is 19.4 Å². The van der Waals surface area contributed by atoms with E-state index in [2.05, 4.69) is 5.32 Å². The predicted molar refractivity (Wildman–Crippen MR) is 124 cm³/mol. The molecule has 0 aliphatic carbocycles. The molecule has 6 nitrogen and oxygen atoms in total. The molecule has 0 bridgehead atoms. The van der Waals surface area contributed by atoms with Crippen LogP contribution >= 0.6 is 0 Å². The zero-order valence-corrected chi connectivity index (χ0v) is 17.7. The lowest BCUT2D eigenvalue weighted by Gasteiger charge is -2.21. The largest absolute Gasteiger partial charge is 0.478 e. The van der Waals surface area contributed by atoms with Crippen molar-refractivity contribution < 1.29 is 19.4 Å². The van der Waals surface area contributed by atoms with E-state index in [0.717, 1.165) is 16.5 Å². The lowest BCUT2D eigenvalue weighted by molar-refractivity contribution is -0.152. The number of carboxylic acid groups (broad SMARTS) is 1. The lowest BCUT2D eigenvalue weighted by atomic mass is 10.0. The predicted octanol–water partition coefficient (Wildman–Crippen LogP) is 5.40. The van der Waals surface area contributed by atoms with Gasteiger partial charge < -0.3 is 15.2 Å². The number of amides is 1. The topological polar surface area (TPSA) is 88.5 Å². The molecule has 4 aromatic rings. The minimum atomic E-state index is -1.35. The Labute approximate surface area is 185 Å². The Bertz CT molecular complexity index is 1280. The number of carboxylic acids is 1. The van der Waals surface area contributed by atoms with E-state index in [4.69, 9.17) is 9.72 Å². The van der Waals surface area contributed by atoms with E-state index in [1.54, 1.807) is 30.3 Å². The Kier molecular flexibility index (Phi) is 5.60. The molecule has 0 saturated carbocycles. The summed E-state index contributed by atoms with van der Waals surface area (Å²) in [6, 6.07) is 25.6. The van der Waals surface area contributed by atoms with Crippen molar-refractivity contribution in [1.82, 2.24) is 4.98 Å². The first-order valence-corrected chi connectivity index (χ1v) is 10.1. The molecule has 2 N–H and O–H groups in total. The number of nitrogens with one attached hydrogen (secondary N) is 1. The summed E-state index contributed by atoms with van der Waals surface area (Å²) in [5, 5.41) is 12.9. The highest BCUT2D eigenvalue weighted by Gasteiger charge is 2.29. The summed E-state index contributed by atoms with van der Waals surface area (Å²) in [7, 11) is 0. The second-order valence-electron chi connectivity index (χ2n) is 7.83. The van der Waals surface area contributed by atoms with Gasteiger partial charge in [0.1, 0.15) is 5.75 Å². The Hall–Kier alpha value is -4.19. The molecule has 0 atom stereocenters. The van der Waals surface area contributed by atoms with Gasteiger partial charge in [0.05, 0.1) is 16.8 Å². The van der Waals surface area contributed by atoms with E-state index in [-0.39, 0.29) is 5.91 Å². The molecular weight excluding hydrogens is 404 g/mol. The van der Waals surface area contributed by atoms with Crippen LogP contribution in [0.3, 0.4) is 0 Å². The number of ether oxygens (including phenoxy) is 1. The van der Waals surface area contributed by atoms with Gasteiger partial charge in [-0.3, -0.25) is 4.79 Å². The van der Waals surface area contributed by atoms with Crippen molar-refractivity contribution in [3.8, 4) is 17.0 Å². The molecule has 0 saturated heterocycles. The van der Waals surface area contributed by atoms with E-state index < -0.39 is 11.6 Å². The summed E-state index contributed by atoms with van der Waals surface area (Å²) in [6.07, 6.45) is 0. The number of rotatable bonds is 6. The van der Waals surface area contributed by atoms with Gasteiger partial charge >= 0.3 is 5.97 Å². The Balaban J connectivity index is 1.62. The fourth-order valence-electron chi connectivity index (χ4n) is 3.26. The molecule has 6 heteroatoms. The maximum Gasteiger partial charge on any atom is 0.347 e. The molecule has 0 fully saturated rings. The van der Waals surface area contributed by atoms with Crippen molar-refractivity contribution >= 4 is 28.5 Å². The number of nitrogens with zero attached hydrogens (tertiary/aromatic N) is 1. The number of carbonyl (C=O) groups excluding carboxylic acids is 1. The highest BCUT2D eigenvalue weighted by atomic mass is 16.5. The van der Waals surface area contributed by atoms with E-state index in [9.17, 15) is 14.7 Å². The molecule has 4 rings (SSSR count). The summed E-state index contributed by atoms with van der Waals surface area (Å²) in [6.45, 7) is 2.95. The summed E-state index contributed by atoms with van der Waals surface area (Å²) >= 11 is 0. The molecule has 160 valence electrons. The van der Waals surface area contributed by atoms with Crippen molar-refractivity contribution in [3.63, 3.8) is 0 Å². The average Bonchev–Trinajstić information content (AvgIpc) is 2.80. The second kappa shape index (κ2) is 8.51. The highest BCUT2D eigenvalue weighted by molar-refractivity contribution is 6.13. The average molecular weight is 426 g/mol. The highest BCUT2D eigenvalue weighted by Crippen LogP contribution is 2.26. The smallest absolute Gasteiger partial charge is 0.347 e. The standard InChI is InChI=1S/C26H22N2O4/c1-26(2,25(30)31)32-19-14-12-18(13-15-19)27-24(29)21-16-23(17-8-4-3-5-9-17)28-22-11-7-6-10-20(21)22/h3-16H,1-2H3,(H,27,29)(H,30,31). The van der Waals surface area contributed by atoms with Crippen LogP contribution in [0.1, 0.15) is 24.2 Å². The summed E-state index contributed by atoms with van der Waals surface area (Å²) in [5.41, 5.74) is 2.11. The molecular formula is C26H22N2O4. The molecule has 1 heterocycles. The third-order valence-corrected chi connectivity index (χ3v) is 5.03. The van der Waals surface area contributed by atoms with Crippen LogP contribution in [0.5, 0.6) is 5.75 Å². The molecule has 0 unspecified atom stereocenters. The number of aromatic nitrogens is 1. The van der Waals surface area contributed by atoms with Crippen molar-refractivity contribution in [3.05, 3.63) is 90.5 Å². The van der Waals surface area contributed by atoms with Gasteiger partial charge in [-0.2, -0.15) is 0 Å². The minimum absolute atomic E-state index is 0.264. The van der Waals surface area contributed by atoms with Crippen LogP contribution in [-0.4, -0.2) is 27.6 Å². The molecule has 32 heavy (non-hydrogen) atoms. The van der Waals surface area contributed by atoms with Crippen molar-refractivity contribution in [2.24, 2.45) is 0 Å². The number of aliphatic carboxylic acids is 1. The molecule has 0 radical (unpaired) electrons. The molecule has 0 spiro atoms. The molecule has 0 aliphatic heterocycles. The summed E-state index contributed by atoms with van der Waals surface area (Å²) < 4.78 is 5.51. The van der Waals surface area contributed by atoms with Gasteiger partial charge in [-0.25, -0.2) is 9.78 Å². The van der Waals surface area contributed by atoms with Crippen molar-refractivity contribution in [1.29, 1.82) is 0 Å². The van der Waals surface area contributed by atoms with Gasteiger partial charge in [-0.05, 0) is 50.2 Å². The van der Waals surface area contributed by atoms with Crippen LogP contribution in [0.2, 0.25) is 0 Å². The Morgan fingerprint density at radius 2 is 1.56 bits per heavy atom. The first-order chi connectivity index (χ1) is 15.3. The number of pyridine rings is 1. The quantitative estimate of drug-likeness (QED) is 0.431. The van der Waals surface area contributed by atoms with E-state index in [1.165, 1.54) is 13.8 Å². The van der Waals surface area contributed by atoms with E-state index >= 15 is 0 Å². The third-order valence-electron chi connectivity index (χ3n) is 5.03. The normalized spacial score (nSPS) is 11.2. The first-order valence-electron chi connectivity index (χ1n) is 10.1. The second-order valence-corrected chi connectivity index (χ2v) is 7.83. The van der Waals surface area contributed by atoms with Crippen LogP contribution in [0.25, 0.3) is 22.2 Å². The summed E-state index contributed by atoms with van der Waals surface area (Å²) in [5.74, 6) is -0.926. The van der Waals surface area contributed by atoms with Crippen LogP contribution in [-0.2, 0) is 4.79 Å². The van der Waals surface area contributed by atoms with Gasteiger partial charge in [0, 0.05) is 16.6 Å².